The van der Waals surface area contributed by atoms with Crippen molar-refractivity contribution in [2.75, 3.05) is 18.0 Å². The Kier molecular flexibility index (Phi) is 6.54. The summed E-state index contributed by atoms with van der Waals surface area (Å²) >= 11 is 0. The molecule has 0 atom stereocenters. The van der Waals surface area contributed by atoms with Crippen LogP contribution in [0.2, 0.25) is 0 Å². The van der Waals surface area contributed by atoms with E-state index in [0.29, 0.717) is 17.4 Å². The van der Waals surface area contributed by atoms with Gasteiger partial charge in [0.05, 0.1) is 5.56 Å². The van der Waals surface area contributed by atoms with E-state index in [0.717, 1.165) is 38.0 Å². The molecule has 0 aliphatic heterocycles. The molecule has 0 saturated carbocycles. The highest BCUT2D eigenvalue weighted by atomic mass is 16.1. The van der Waals surface area contributed by atoms with Crippen LogP contribution in [0.25, 0.3) is 0 Å². The zero-order chi connectivity index (χ0) is 14.3. The number of carbonyl (C=O) groups is 1. The third-order valence-corrected chi connectivity index (χ3v) is 3.20. The van der Waals surface area contributed by atoms with E-state index in [1.54, 1.807) is 6.20 Å². The maximum Gasteiger partial charge on any atom is 0.153 e. The lowest BCUT2D eigenvalue weighted by Crippen LogP contribution is -2.29. The van der Waals surface area contributed by atoms with Crippen molar-refractivity contribution in [1.82, 2.24) is 4.98 Å². The number of aromatic nitrogens is 1. The largest absolute Gasteiger partial charge is 0.356 e. The van der Waals surface area contributed by atoms with Crippen molar-refractivity contribution in [2.24, 2.45) is 11.8 Å². The molecule has 0 amide bonds. The maximum absolute atomic E-state index is 11.1. The normalized spacial score (nSPS) is 11.1. The van der Waals surface area contributed by atoms with E-state index < -0.39 is 0 Å². The molecule has 0 radical (unpaired) electrons. The lowest BCUT2D eigenvalue weighted by Gasteiger charge is -2.26. The fourth-order valence-electron chi connectivity index (χ4n) is 1.92. The van der Waals surface area contributed by atoms with Gasteiger partial charge in [0.1, 0.15) is 5.82 Å². The Morgan fingerprint density at radius 1 is 1.16 bits per heavy atom. The highest BCUT2D eigenvalue weighted by molar-refractivity contribution is 5.82. The molecule has 106 valence electrons. The summed E-state index contributed by atoms with van der Waals surface area (Å²) in [5.74, 6) is 2.15. The third kappa shape index (κ3) is 5.41. The predicted octanol–water partition coefficient (Wildman–Crippen LogP) is 3.79. The van der Waals surface area contributed by atoms with Gasteiger partial charge >= 0.3 is 0 Å². The number of pyridine rings is 1. The summed E-state index contributed by atoms with van der Waals surface area (Å²) in [7, 11) is 0. The summed E-state index contributed by atoms with van der Waals surface area (Å²) in [6, 6.07) is 3.66. The maximum atomic E-state index is 11.1. The number of rotatable bonds is 8. The lowest BCUT2D eigenvalue weighted by atomic mass is 10.1. The summed E-state index contributed by atoms with van der Waals surface area (Å²) in [6.45, 7) is 10.8. The van der Waals surface area contributed by atoms with E-state index in [1.807, 2.05) is 12.1 Å². The number of hydrogen-bond donors (Lipinski definition) is 0. The zero-order valence-electron chi connectivity index (χ0n) is 12.6. The van der Waals surface area contributed by atoms with Crippen LogP contribution in [0.4, 0.5) is 5.82 Å². The summed E-state index contributed by atoms with van der Waals surface area (Å²) in [5.41, 5.74) is 0.690. The fraction of sp³-hybridized carbons (Fsp3) is 0.625. The number of carbonyl (C=O) groups excluding carboxylic acids is 1. The van der Waals surface area contributed by atoms with Crippen molar-refractivity contribution in [1.29, 1.82) is 0 Å². The molecule has 0 bridgehead atoms. The van der Waals surface area contributed by atoms with Crippen molar-refractivity contribution in [2.45, 2.75) is 40.5 Å². The first-order valence-corrected chi connectivity index (χ1v) is 7.19. The van der Waals surface area contributed by atoms with Gasteiger partial charge in [-0.3, -0.25) is 4.79 Å². The lowest BCUT2D eigenvalue weighted by molar-refractivity contribution is 0.112. The van der Waals surface area contributed by atoms with Gasteiger partial charge in [0.25, 0.3) is 0 Å². The second kappa shape index (κ2) is 7.93. The Bertz CT molecular complexity index is 376. The molecule has 0 unspecified atom stereocenters. The van der Waals surface area contributed by atoms with Crippen LogP contribution in [0.15, 0.2) is 18.3 Å². The Labute approximate surface area is 117 Å². The quantitative estimate of drug-likeness (QED) is 0.668. The Morgan fingerprint density at radius 2 is 1.74 bits per heavy atom. The van der Waals surface area contributed by atoms with Crippen LogP contribution < -0.4 is 4.90 Å². The number of hydrogen-bond acceptors (Lipinski definition) is 3. The van der Waals surface area contributed by atoms with Gasteiger partial charge in [0.2, 0.25) is 0 Å². The van der Waals surface area contributed by atoms with E-state index in [9.17, 15) is 4.79 Å². The third-order valence-electron chi connectivity index (χ3n) is 3.20. The van der Waals surface area contributed by atoms with Gasteiger partial charge in [-0.2, -0.15) is 0 Å². The van der Waals surface area contributed by atoms with Gasteiger partial charge in [-0.15, -0.1) is 0 Å². The minimum absolute atomic E-state index is 0.657. The standard InChI is InChI=1S/C16H26N2O/c1-13(2)7-10-18(11-8-14(3)4)16-15(12-19)6-5-9-17-16/h5-6,9,12-14H,7-8,10-11H2,1-4H3. The molecular weight excluding hydrogens is 236 g/mol. The van der Waals surface area contributed by atoms with E-state index in [4.69, 9.17) is 0 Å². The van der Waals surface area contributed by atoms with Crippen LogP contribution in [0, 0.1) is 11.8 Å². The molecular formula is C16H26N2O. The van der Waals surface area contributed by atoms with Gasteiger partial charge < -0.3 is 4.90 Å². The number of nitrogens with zero attached hydrogens (tertiary/aromatic N) is 2. The highest BCUT2D eigenvalue weighted by Crippen LogP contribution is 2.18. The monoisotopic (exact) mass is 262 g/mol. The van der Waals surface area contributed by atoms with Crippen LogP contribution in [-0.2, 0) is 0 Å². The molecule has 19 heavy (non-hydrogen) atoms. The molecule has 0 aliphatic carbocycles. The van der Waals surface area contributed by atoms with Crippen molar-refractivity contribution < 1.29 is 4.79 Å². The molecule has 3 nitrogen and oxygen atoms in total. The average Bonchev–Trinajstić information content (AvgIpc) is 2.38. The SMILES string of the molecule is CC(C)CCN(CCC(C)C)c1ncccc1C=O. The van der Waals surface area contributed by atoms with Gasteiger partial charge in [0.15, 0.2) is 6.29 Å². The zero-order valence-corrected chi connectivity index (χ0v) is 12.6. The number of anilines is 1. The van der Waals surface area contributed by atoms with E-state index >= 15 is 0 Å². The van der Waals surface area contributed by atoms with Crippen LogP contribution in [0.1, 0.15) is 50.9 Å². The van der Waals surface area contributed by atoms with Crippen molar-refractivity contribution in [3.63, 3.8) is 0 Å². The van der Waals surface area contributed by atoms with E-state index in [1.165, 1.54) is 0 Å². The van der Waals surface area contributed by atoms with Crippen LogP contribution in [0.3, 0.4) is 0 Å². The minimum Gasteiger partial charge on any atom is -0.356 e. The van der Waals surface area contributed by atoms with E-state index in [-0.39, 0.29) is 0 Å². The molecule has 0 aromatic carbocycles. The Hall–Kier alpha value is -1.38. The van der Waals surface area contributed by atoms with Crippen molar-refractivity contribution >= 4 is 12.1 Å². The van der Waals surface area contributed by atoms with Crippen LogP contribution in [0.5, 0.6) is 0 Å². The first kappa shape index (κ1) is 15.7. The number of aldehydes is 1. The fourth-order valence-corrected chi connectivity index (χ4v) is 1.92. The van der Waals surface area contributed by atoms with Crippen molar-refractivity contribution in [3.8, 4) is 0 Å². The summed E-state index contributed by atoms with van der Waals surface area (Å²) in [5, 5.41) is 0. The minimum atomic E-state index is 0.657. The summed E-state index contributed by atoms with van der Waals surface area (Å²) < 4.78 is 0. The first-order chi connectivity index (χ1) is 9.04. The van der Waals surface area contributed by atoms with Crippen LogP contribution >= 0.6 is 0 Å². The topological polar surface area (TPSA) is 33.2 Å². The summed E-state index contributed by atoms with van der Waals surface area (Å²) in [6.07, 6.45) is 4.90. The summed E-state index contributed by atoms with van der Waals surface area (Å²) in [4.78, 5) is 17.8. The van der Waals surface area contributed by atoms with Gasteiger partial charge in [-0.25, -0.2) is 4.98 Å². The molecule has 0 spiro atoms. The molecule has 1 aromatic rings. The molecule has 0 fully saturated rings. The van der Waals surface area contributed by atoms with Gasteiger partial charge in [0, 0.05) is 19.3 Å². The highest BCUT2D eigenvalue weighted by Gasteiger charge is 2.13. The predicted molar refractivity (Wildman–Crippen MR) is 80.7 cm³/mol. The molecule has 0 N–H and O–H groups in total. The van der Waals surface area contributed by atoms with Crippen molar-refractivity contribution in [3.05, 3.63) is 23.9 Å². The van der Waals surface area contributed by atoms with Gasteiger partial charge in [-0.05, 0) is 36.8 Å². The smallest absolute Gasteiger partial charge is 0.153 e. The molecule has 0 aliphatic rings. The Balaban J connectivity index is 2.83. The average molecular weight is 262 g/mol. The van der Waals surface area contributed by atoms with Gasteiger partial charge in [-0.1, -0.05) is 27.7 Å². The molecule has 1 rings (SSSR count). The second-order valence-electron chi connectivity index (χ2n) is 5.89. The van der Waals surface area contributed by atoms with E-state index in [2.05, 4.69) is 37.6 Å². The molecule has 0 saturated heterocycles. The Morgan fingerprint density at radius 3 is 2.21 bits per heavy atom. The first-order valence-electron chi connectivity index (χ1n) is 7.19. The van der Waals surface area contributed by atoms with Crippen LogP contribution in [-0.4, -0.2) is 24.4 Å². The molecule has 3 heteroatoms. The second-order valence-corrected chi connectivity index (χ2v) is 5.89. The molecule has 1 heterocycles. The molecule has 1 aromatic heterocycles.